The van der Waals surface area contributed by atoms with Crippen molar-refractivity contribution in [3.63, 3.8) is 0 Å². The number of ether oxygens (including phenoxy) is 1. The lowest BCUT2D eigenvalue weighted by atomic mass is 9.92. The van der Waals surface area contributed by atoms with Gasteiger partial charge in [0.1, 0.15) is 18.2 Å². The predicted octanol–water partition coefficient (Wildman–Crippen LogP) is 5.53. The second-order valence-corrected chi connectivity index (χ2v) is 9.83. The Balaban J connectivity index is 1.32. The maximum Gasteiger partial charge on any atom is 0.225 e. The zero-order valence-corrected chi connectivity index (χ0v) is 21.0. The van der Waals surface area contributed by atoms with Crippen molar-refractivity contribution in [2.75, 3.05) is 43.5 Å². The van der Waals surface area contributed by atoms with Gasteiger partial charge in [0.25, 0.3) is 0 Å². The molecule has 5 rings (SSSR count). The maximum atomic E-state index is 14.5. The number of aromatic nitrogens is 2. The lowest BCUT2D eigenvalue weighted by molar-refractivity contribution is -0.116. The van der Waals surface area contributed by atoms with Gasteiger partial charge >= 0.3 is 0 Å². The lowest BCUT2D eigenvalue weighted by Crippen LogP contribution is -2.30. The topological polar surface area (TPSA) is 70.6 Å². The fraction of sp³-hybridized carbons (Fsp3) is 0.370. The first-order valence-corrected chi connectivity index (χ1v) is 12.6. The smallest absolute Gasteiger partial charge is 0.225 e. The molecule has 1 fully saturated rings. The molecule has 1 amide bonds. The third kappa shape index (κ3) is 5.60. The van der Waals surface area contributed by atoms with E-state index < -0.39 is 5.82 Å². The molecule has 2 aliphatic heterocycles. The van der Waals surface area contributed by atoms with Gasteiger partial charge in [0.15, 0.2) is 5.75 Å². The van der Waals surface area contributed by atoms with Crippen molar-refractivity contribution in [1.82, 2.24) is 14.9 Å². The molecule has 9 heteroatoms. The summed E-state index contributed by atoms with van der Waals surface area (Å²) < 4.78 is 20.3. The van der Waals surface area contributed by atoms with Gasteiger partial charge < -0.3 is 19.9 Å². The standard InChI is InChI=1S/C27H29ClFN5O2/c1-33-10-7-18(8-11-33)2-5-27(35)32-26-15-20(6-9-30-26)34-12-13-36-25-17-31-23(16-24(25)34)21-14-19(28)3-4-22(21)29/h3-4,6,9,14-18H,2,5,7-8,10-13H2,1H3,(H,30,32,35). The van der Waals surface area contributed by atoms with E-state index in [-0.39, 0.29) is 5.91 Å². The van der Waals surface area contributed by atoms with Crippen LogP contribution in [0.4, 0.5) is 21.6 Å². The SMILES string of the molecule is CN1CCC(CCC(=O)Nc2cc(N3CCOc4cnc(-c5cc(Cl)ccc5F)cc43)ccn2)CC1. The number of hydrogen-bond donors (Lipinski definition) is 1. The van der Waals surface area contributed by atoms with Crippen molar-refractivity contribution in [2.24, 2.45) is 5.92 Å². The fourth-order valence-electron chi connectivity index (χ4n) is 4.78. The number of rotatable bonds is 6. The molecule has 36 heavy (non-hydrogen) atoms. The summed E-state index contributed by atoms with van der Waals surface area (Å²) in [5.74, 6) is 1.29. The number of piperidine rings is 1. The molecule has 4 heterocycles. The zero-order valence-electron chi connectivity index (χ0n) is 20.2. The molecule has 1 saturated heterocycles. The van der Waals surface area contributed by atoms with E-state index in [1.807, 2.05) is 12.1 Å². The van der Waals surface area contributed by atoms with Crippen LogP contribution < -0.4 is 15.0 Å². The summed E-state index contributed by atoms with van der Waals surface area (Å²) >= 11 is 6.09. The van der Waals surface area contributed by atoms with Crippen molar-refractivity contribution < 1.29 is 13.9 Å². The Morgan fingerprint density at radius 3 is 2.83 bits per heavy atom. The van der Waals surface area contributed by atoms with Crippen molar-refractivity contribution in [1.29, 1.82) is 0 Å². The van der Waals surface area contributed by atoms with E-state index in [0.717, 1.165) is 43.7 Å². The summed E-state index contributed by atoms with van der Waals surface area (Å²) in [6.45, 7) is 3.25. The largest absolute Gasteiger partial charge is 0.488 e. The van der Waals surface area contributed by atoms with Crippen molar-refractivity contribution in [2.45, 2.75) is 25.7 Å². The molecule has 0 saturated carbocycles. The Bertz CT molecular complexity index is 1250. The van der Waals surface area contributed by atoms with Crippen molar-refractivity contribution in [3.8, 4) is 17.0 Å². The molecule has 0 aliphatic carbocycles. The first-order chi connectivity index (χ1) is 17.5. The van der Waals surface area contributed by atoms with Crippen LogP contribution in [0.3, 0.4) is 0 Å². The molecule has 0 spiro atoms. The molecule has 7 nitrogen and oxygen atoms in total. The van der Waals surface area contributed by atoms with E-state index in [0.29, 0.717) is 53.3 Å². The van der Waals surface area contributed by atoms with Crippen LogP contribution >= 0.6 is 11.6 Å². The number of anilines is 3. The first kappa shape index (κ1) is 24.5. The molecule has 188 valence electrons. The van der Waals surface area contributed by atoms with Crippen LogP contribution in [-0.4, -0.2) is 54.1 Å². The second kappa shape index (κ2) is 10.8. The molecular weight excluding hydrogens is 481 g/mol. The third-order valence-electron chi connectivity index (χ3n) is 6.85. The van der Waals surface area contributed by atoms with E-state index >= 15 is 0 Å². The molecule has 2 aromatic heterocycles. The number of nitrogens with one attached hydrogen (secondary N) is 1. The van der Waals surface area contributed by atoms with E-state index in [2.05, 4.69) is 32.1 Å². The minimum Gasteiger partial charge on any atom is -0.488 e. The highest BCUT2D eigenvalue weighted by Crippen LogP contribution is 2.39. The Morgan fingerprint density at radius 2 is 2.00 bits per heavy atom. The molecular formula is C27H29ClFN5O2. The van der Waals surface area contributed by atoms with Crippen LogP contribution in [0, 0.1) is 11.7 Å². The molecule has 1 aromatic carbocycles. The van der Waals surface area contributed by atoms with E-state index in [4.69, 9.17) is 16.3 Å². The number of hydrogen-bond acceptors (Lipinski definition) is 6. The number of carbonyl (C=O) groups is 1. The molecule has 0 radical (unpaired) electrons. The van der Waals surface area contributed by atoms with E-state index in [9.17, 15) is 9.18 Å². The highest BCUT2D eigenvalue weighted by atomic mass is 35.5. The van der Waals surface area contributed by atoms with Crippen molar-refractivity contribution in [3.05, 3.63) is 59.6 Å². The lowest BCUT2D eigenvalue weighted by Gasteiger charge is -2.31. The fourth-order valence-corrected chi connectivity index (χ4v) is 4.95. The number of likely N-dealkylation sites (tertiary alicyclic amines) is 1. The first-order valence-electron chi connectivity index (χ1n) is 12.3. The summed E-state index contributed by atoms with van der Waals surface area (Å²) in [7, 11) is 2.14. The molecule has 0 unspecified atom stereocenters. The van der Waals surface area contributed by atoms with Gasteiger partial charge in [-0.2, -0.15) is 0 Å². The maximum absolute atomic E-state index is 14.5. The van der Waals surface area contributed by atoms with Crippen LogP contribution in [0.2, 0.25) is 5.02 Å². The van der Waals surface area contributed by atoms with Gasteiger partial charge in [-0.1, -0.05) is 11.6 Å². The van der Waals surface area contributed by atoms with Crippen LogP contribution in [-0.2, 0) is 4.79 Å². The molecule has 3 aromatic rings. The van der Waals surface area contributed by atoms with Crippen LogP contribution in [0.1, 0.15) is 25.7 Å². The highest BCUT2D eigenvalue weighted by Gasteiger charge is 2.23. The molecule has 1 N–H and O–H groups in total. The van der Waals surface area contributed by atoms with Gasteiger partial charge in [-0.05, 0) is 75.6 Å². The van der Waals surface area contributed by atoms with Gasteiger partial charge in [0, 0.05) is 35.0 Å². The van der Waals surface area contributed by atoms with Crippen LogP contribution in [0.15, 0.2) is 48.8 Å². The summed E-state index contributed by atoms with van der Waals surface area (Å²) in [5, 5.41) is 3.38. The Morgan fingerprint density at radius 1 is 1.17 bits per heavy atom. The zero-order chi connectivity index (χ0) is 25.1. The van der Waals surface area contributed by atoms with Gasteiger partial charge in [-0.15, -0.1) is 0 Å². The third-order valence-corrected chi connectivity index (χ3v) is 7.09. The normalized spacial score (nSPS) is 16.4. The Hall–Kier alpha value is -3.23. The number of nitrogens with zero attached hydrogens (tertiary/aromatic N) is 4. The predicted molar refractivity (Wildman–Crippen MR) is 139 cm³/mol. The summed E-state index contributed by atoms with van der Waals surface area (Å²) in [6, 6.07) is 9.92. The van der Waals surface area contributed by atoms with E-state index in [1.54, 1.807) is 24.5 Å². The number of carbonyl (C=O) groups excluding carboxylic acids is 1. The Kier molecular flexibility index (Phi) is 7.34. The van der Waals surface area contributed by atoms with Crippen molar-refractivity contribution >= 4 is 34.7 Å². The van der Waals surface area contributed by atoms with Crippen LogP contribution in [0.25, 0.3) is 11.3 Å². The number of fused-ring (bicyclic) bond motifs is 1. The van der Waals surface area contributed by atoms with Crippen LogP contribution in [0.5, 0.6) is 5.75 Å². The van der Waals surface area contributed by atoms with Gasteiger partial charge in [0.05, 0.1) is 24.1 Å². The quantitative estimate of drug-likeness (QED) is 0.471. The second-order valence-electron chi connectivity index (χ2n) is 9.39. The molecule has 0 bridgehead atoms. The highest BCUT2D eigenvalue weighted by molar-refractivity contribution is 6.30. The molecule has 2 aliphatic rings. The number of benzene rings is 1. The van der Waals surface area contributed by atoms with Gasteiger partial charge in [-0.3, -0.25) is 9.78 Å². The number of halogens is 2. The van der Waals surface area contributed by atoms with E-state index in [1.165, 1.54) is 12.1 Å². The Labute approximate surface area is 215 Å². The number of pyridine rings is 2. The van der Waals surface area contributed by atoms with Gasteiger partial charge in [-0.25, -0.2) is 9.37 Å². The molecule has 0 atom stereocenters. The minimum absolute atomic E-state index is 0.0242. The number of amides is 1. The minimum atomic E-state index is -0.399. The summed E-state index contributed by atoms with van der Waals surface area (Å²) in [4.78, 5) is 25.7. The monoisotopic (exact) mass is 509 g/mol. The summed E-state index contributed by atoms with van der Waals surface area (Å²) in [6.07, 6.45) is 6.95. The van der Waals surface area contributed by atoms with Gasteiger partial charge in [0.2, 0.25) is 5.91 Å². The average Bonchev–Trinajstić information content (AvgIpc) is 2.89. The average molecular weight is 510 g/mol. The summed E-state index contributed by atoms with van der Waals surface area (Å²) in [5.41, 5.74) is 2.39.